The van der Waals surface area contributed by atoms with Crippen molar-refractivity contribution in [2.75, 3.05) is 0 Å². The van der Waals surface area contributed by atoms with Gasteiger partial charge in [0.25, 0.3) is 5.91 Å². The van der Waals surface area contributed by atoms with Crippen molar-refractivity contribution in [2.24, 2.45) is 0 Å². The number of hydrogen-bond donors (Lipinski definition) is 1. The summed E-state index contributed by atoms with van der Waals surface area (Å²) in [6.07, 6.45) is 4.79. The van der Waals surface area contributed by atoms with Crippen LogP contribution in [0, 0.1) is 11.3 Å². The monoisotopic (exact) mass is 297 g/mol. The smallest absolute Gasteiger partial charge is 0.262 e. The summed E-state index contributed by atoms with van der Waals surface area (Å²) in [7, 11) is 0. The molecule has 5 heteroatoms. The lowest BCUT2D eigenvalue weighted by Gasteiger charge is -2.04. The van der Waals surface area contributed by atoms with Crippen LogP contribution in [0.3, 0.4) is 0 Å². The van der Waals surface area contributed by atoms with Crippen molar-refractivity contribution in [3.05, 3.63) is 70.5 Å². The summed E-state index contributed by atoms with van der Waals surface area (Å²) in [5.41, 5.74) is 1.50. The highest BCUT2D eigenvalue weighted by Crippen LogP contribution is 2.18. The van der Waals surface area contributed by atoms with Crippen LogP contribution in [0.5, 0.6) is 0 Å². The third kappa shape index (κ3) is 4.16. The van der Waals surface area contributed by atoms with Crippen molar-refractivity contribution in [3.8, 4) is 6.07 Å². The number of amides is 1. The van der Waals surface area contributed by atoms with Crippen LogP contribution in [0.25, 0.3) is 6.08 Å². The fourth-order valence-electron chi connectivity index (χ4n) is 1.68. The van der Waals surface area contributed by atoms with Gasteiger partial charge in [-0.2, -0.15) is 5.26 Å². The van der Waals surface area contributed by atoms with E-state index in [4.69, 9.17) is 16.9 Å². The first-order chi connectivity index (χ1) is 10.2. The fourth-order valence-corrected chi connectivity index (χ4v) is 1.87. The van der Waals surface area contributed by atoms with Crippen molar-refractivity contribution < 1.29 is 4.79 Å². The third-order valence-corrected chi connectivity index (χ3v) is 3.09. The summed E-state index contributed by atoms with van der Waals surface area (Å²) in [5, 5.41) is 12.3. The van der Waals surface area contributed by atoms with Gasteiger partial charge < -0.3 is 5.32 Å². The molecule has 1 aromatic heterocycles. The van der Waals surface area contributed by atoms with Crippen LogP contribution in [0.1, 0.15) is 11.1 Å². The van der Waals surface area contributed by atoms with Crippen molar-refractivity contribution in [2.45, 2.75) is 6.54 Å². The van der Waals surface area contributed by atoms with E-state index in [-0.39, 0.29) is 5.57 Å². The molecule has 0 saturated carbocycles. The number of nitrogens with one attached hydrogen (secondary N) is 1. The van der Waals surface area contributed by atoms with E-state index in [9.17, 15) is 4.79 Å². The number of pyridine rings is 1. The van der Waals surface area contributed by atoms with Crippen LogP contribution >= 0.6 is 11.6 Å². The van der Waals surface area contributed by atoms with E-state index in [1.807, 2.05) is 12.1 Å². The molecule has 0 fully saturated rings. The Morgan fingerprint density at radius 3 is 2.81 bits per heavy atom. The van der Waals surface area contributed by atoms with Gasteiger partial charge in [-0.3, -0.25) is 9.78 Å². The van der Waals surface area contributed by atoms with Crippen molar-refractivity contribution >= 4 is 23.6 Å². The first kappa shape index (κ1) is 14.8. The Hall–Kier alpha value is -2.64. The molecule has 1 heterocycles. The average Bonchev–Trinajstić information content (AvgIpc) is 2.53. The molecule has 0 unspecified atom stereocenters. The maximum atomic E-state index is 12.0. The number of hydrogen-bond acceptors (Lipinski definition) is 3. The second-order valence-electron chi connectivity index (χ2n) is 4.24. The largest absolute Gasteiger partial charge is 0.347 e. The van der Waals surface area contributed by atoms with Gasteiger partial charge in [-0.05, 0) is 29.3 Å². The zero-order chi connectivity index (χ0) is 15.1. The Balaban J connectivity index is 2.09. The Bertz CT molecular complexity index is 705. The summed E-state index contributed by atoms with van der Waals surface area (Å²) < 4.78 is 0. The topological polar surface area (TPSA) is 65.8 Å². The molecule has 1 N–H and O–H groups in total. The Labute approximate surface area is 127 Å². The summed E-state index contributed by atoms with van der Waals surface area (Å²) in [4.78, 5) is 16.0. The molecular formula is C16H12ClN3O. The normalized spacial score (nSPS) is 10.8. The summed E-state index contributed by atoms with van der Waals surface area (Å²) in [6.45, 7) is 0.314. The number of rotatable bonds is 4. The predicted octanol–water partition coefficient (Wildman–Crippen LogP) is 2.96. The van der Waals surface area contributed by atoms with E-state index in [0.29, 0.717) is 17.1 Å². The second-order valence-corrected chi connectivity index (χ2v) is 4.64. The minimum atomic E-state index is -0.443. The molecule has 2 aromatic rings. The molecule has 0 radical (unpaired) electrons. The number of aromatic nitrogens is 1. The number of halogens is 1. The van der Waals surface area contributed by atoms with E-state index in [2.05, 4.69) is 10.3 Å². The summed E-state index contributed by atoms with van der Waals surface area (Å²) in [6, 6.07) is 12.5. The number of nitriles is 1. The van der Waals surface area contributed by atoms with E-state index in [1.54, 1.807) is 42.7 Å². The lowest BCUT2D eigenvalue weighted by molar-refractivity contribution is -0.117. The maximum absolute atomic E-state index is 12.0. The second kappa shape index (κ2) is 7.22. The zero-order valence-corrected chi connectivity index (χ0v) is 11.8. The molecule has 1 aromatic carbocycles. The van der Waals surface area contributed by atoms with Crippen molar-refractivity contribution in [1.82, 2.24) is 10.3 Å². The molecule has 0 aliphatic carbocycles. The van der Waals surface area contributed by atoms with Gasteiger partial charge in [-0.15, -0.1) is 0 Å². The standard InChI is InChI=1S/C16H12ClN3O/c17-15-6-2-1-5-13(15)8-14(9-18)16(21)20-11-12-4-3-7-19-10-12/h1-8,10H,11H2,(H,20,21)/b14-8-. The molecule has 0 bridgehead atoms. The molecule has 2 rings (SSSR count). The Kier molecular flexibility index (Phi) is 5.08. The van der Waals surface area contributed by atoms with Gasteiger partial charge in [-0.25, -0.2) is 0 Å². The van der Waals surface area contributed by atoms with Crippen molar-refractivity contribution in [1.29, 1.82) is 5.26 Å². The van der Waals surface area contributed by atoms with Gasteiger partial charge >= 0.3 is 0 Å². The van der Waals surface area contributed by atoms with Gasteiger partial charge in [0.05, 0.1) is 0 Å². The predicted molar refractivity (Wildman–Crippen MR) is 81.1 cm³/mol. The molecule has 104 valence electrons. The molecule has 0 atom stereocenters. The summed E-state index contributed by atoms with van der Waals surface area (Å²) in [5.74, 6) is -0.443. The molecule has 1 amide bonds. The van der Waals surface area contributed by atoms with E-state index in [1.165, 1.54) is 6.08 Å². The van der Waals surface area contributed by atoms with Crippen LogP contribution in [0.15, 0.2) is 54.4 Å². The summed E-state index contributed by atoms with van der Waals surface area (Å²) >= 11 is 6.01. The van der Waals surface area contributed by atoms with E-state index >= 15 is 0 Å². The molecule has 0 spiro atoms. The fraction of sp³-hybridized carbons (Fsp3) is 0.0625. The average molecular weight is 298 g/mol. The number of benzene rings is 1. The zero-order valence-electron chi connectivity index (χ0n) is 11.1. The van der Waals surface area contributed by atoms with Crippen LogP contribution in [0.2, 0.25) is 5.02 Å². The van der Waals surface area contributed by atoms with Crippen LogP contribution in [-0.4, -0.2) is 10.9 Å². The Morgan fingerprint density at radius 1 is 1.33 bits per heavy atom. The van der Waals surface area contributed by atoms with Crippen LogP contribution in [0.4, 0.5) is 0 Å². The SMILES string of the molecule is N#C/C(=C/c1ccccc1Cl)C(=O)NCc1cccnc1. The molecule has 0 saturated heterocycles. The highest BCUT2D eigenvalue weighted by Gasteiger charge is 2.09. The highest BCUT2D eigenvalue weighted by atomic mass is 35.5. The van der Waals surface area contributed by atoms with E-state index in [0.717, 1.165) is 5.56 Å². The third-order valence-electron chi connectivity index (χ3n) is 2.75. The first-order valence-electron chi connectivity index (χ1n) is 6.24. The maximum Gasteiger partial charge on any atom is 0.262 e. The van der Waals surface area contributed by atoms with Gasteiger partial charge in [0.1, 0.15) is 11.6 Å². The molecule has 21 heavy (non-hydrogen) atoms. The minimum absolute atomic E-state index is 0.00647. The number of carbonyl (C=O) groups is 1. The molecule has 4 nitrogen and oxygen atoms in total. The van der Waals surface area contributed by atoms with Gasteiger partial charge in [0, 0.05) is 24.0 Å². The number of carbonyl (C=O) groups excluding carboxylic acids is 1. The lowest BCUT2D eigenvalue weighted by atomic mass is 10.1. The van der Waals surface area contributed by atoms with Crippen molar-refractivity contribution in [3.63, 3.8) is 0 Å². The lowest BCUT2D eigenvalue weighted by Crippen LogP contribution is -2.24. The quantitative estimate of drug-likeness (QED) is 0.697. The Morgan fingerprint density at radius 2 is 2.14 bits per heavy atom. The van der Waals surface area contributed by atoms with Crippen LogP contribution < -0.4 is 5.32 Å². The van der Waals surface area contributed by atoms with Crippen LogP contribution in [-0.2, 0) is 11.3 Å². The highest BCUT2D eigenvalue weighted by molar-refractivity contribution is 6.32. The minimum Gasteiger partial charge on any atom is -0.347 e. The molecule has 0 aliphatic heterocycles. The number of nitrogens with zero attached hydrogens (tertiary/aromatic N) is 2. The molecule has 0 aliphatic rings. The van der Waals surface area contributed by atoms with Gasteiger partial charge in [0.2, 0.25) is 0 Å². The van der Waals surface area contributed by atoms with Gasteiger partial charge in [0.15, 0.2) is 0 Å². The van der Waals surface area contributed by atoms with E-state index < -0.39 is 5.91 Å². The first-order valence-corrected chi connectivity index (χ1v) is 6.62. The molecular weight excluding hydrogens is 286 g/mol. The van der Waals surface area contributed by atoms with Gasteiger partial charge in [-0.1, -0.05) is 35.9 Å².